The van der Waals surface area contributed by atoms with Crippen molar-refractivity contribution < 1.29 is 14.7 Å². The van der Waals surface area contributed by atoms with Gasteiger partial charge >= 0.3 is 12.0 Å². The maximum absolute atomic E-state index is 11.7. The van der Waals surface area contributed by atoms with Crippen molar-refractivity contribution in [1.82, 2.24) is 20.3 Å². The largest absolute Gasteiger partial charge is 0.478 e. The minimum absolute atomic E-state index is 0.0936. The second-order valence-corrected chi connectivity index (χ2v) is 4.90. The number of carbonyl (C=O) groups excluding carboxylic acids is 1. The molecular formula is C12H12BrN5O3. The molecule has 1 heterocycles. The number of hydrogen-bond acceptors (Lipinski definition) is 4. The number of rotatable bonds is 5. The molecule has 2 aromatic rings. The summed E-state index contributed by atoms with van der Waals surface area (Å²) >= 11 is 3.25. The van der Waals surface area contributed by atoms with Crippen LogP contribution in [0.15, 0.2) is 35.1 Å². The van der Waals surface area contributed by atoms with Gasteiger partial charge in [0.05, 0.1) is 24.0 Å². The van der Waals surface area contributed by atoms with Crippen LogP contribution in [0.1, 0.15) is 10.4 Å². The molecule has 0 fully saturated rings. The maximum Gasteiger partial charge on any atom is 0.335 e. The Balaban J connectivity index is 1.90. The average Bonchev–Trinajstić information content (AvgIpc) is 2.94. The smallest absolute Gasteiger partial charge is 0.335 e. The number of anilines is 1. The number of carbonyl (C=O) groups is 2. The van der Waals surface area contributed by atoms with Gasteiger partial charge in [-0.3, -0.25) is 4.68 Å². The average molecular weight is 354 g/mol. The SMILES string of the molecule is O=C(NCCn1ccnn1)Nc1cc(C(=O)O)ccc1Br. The van der Waals surface area contributed by atoms with Gasteiger partial charge in [-0.15, -0.1) is 5.10 Å². The normalized spacial score (nSPS) is 10.1. The van der Waals surface area contributed by atoms with Crippen molar-refractivity contribution >= 4 is 33.6 Å². The molecule has 0 bridgehead atoms. The van der Waals surface area contributed by atoms with Crippen molar-refractivity contribution in [2.75, 3.05) is 11.9 Å². The second kappa shape index (κ2) is 6.84. The van der Waals surface area contributed by atoms with Gasteiger partial charge in [-0.1, -0.05) is 5.21 Å². The molecule has 8 nitrogen and oxygen atoms in total. The first-order valence-corrected chi connectivity index (χ1v) is 6.77. The van der Waals surface area contributed by atoms with Crippen LogP contribution in [0, 0.1) is 0 Å². The lowest BCUT2D eigenvalue weighted by Gasteiger charge is -2.09. The van der Waals surface area contributed by atoms with Gasteiger partial charge in [0.25, 0.3) is 0 Å². The Morgan fingerprint density at radius 2 is 2.19 bits per heavy atom. The molecule has 1 aromatic carbocycles. The number of aromatic nitrogens is 3. The summed E-state index contributed by atoms with van der Waals surface area (Å²) in [7, 11) is 0. The molecule has 0 saturated carbocycles. The van der Waals surface area contributed by atoms with Crippen molar-refractivity contribution in [2.45, 2.75) is 6.54 Å². The monoisotopic (exact) mass is 353 g/mol. The molecule has 0 spiro atoms. The highest BCUT2D eigenvalue weighted by Crippen LogP contribution is 2.23. The van der Waals surface area contributed by atoms with Gasteiger partial charge in [-0.2, -0.15) is 0 Å². The number of nitrogens with zero attached hydrogens (tertiary/aromatic N) is 3. The Hall–Kier alpha value is -2.42. The summed E-state index contributed by atoms with van der Waals surface area (Å²) in [6.45, 7) is 0.856. The number of carboxylic acids is 1. The van der Waals surface area contributed by atoms with E-state index in [4.69, 9.17) is 5.11 Å². The number of aromatic carboxylic acids is 1. The Morgan fingerprint density at radius 1 is 1.38 bits per heavy atom. The zero-order valence-corrected chi connectivity index (χ0v) is 12.4. The molecule has 0 aliphatic rings. The number of hydrogen-bond donors (Lipinski definition) is 3. The molecule has 1 aromatic heterocycles. The molecule has 0 saturated heterocycles. The number of carboxylic acid groups (broad SMARTS) is 1. The standard InChI is InChI=1S/C12H12BrN5O3/c13-9-2-1-8(11(19)20)7-10(9)16-12(21)14-3-5-18-6-4-15-17-18/h1-2,4,6-7H,3,5H2,(H,19,20)(H2,14,16,21). The summed E-state index contributed by atoms with van der Waals surface area (Å²) in [4.78, 5) is 22.6. The van der Waals surface area contributed by atoms with Crippen LogP contribution in [0.5, 0.6) is 0 Å². The predicted molar refractivity (Wildman–Crippen MR) is 78.1 cm³/mol. The lowest BCUT2D eigenvalue weighted by molar-refractivity contribution is 0.0697. The van der Waals surface area contributed by atoms with Gasteiger partial charge in [0, 0.05) is 17.2 Å². The van der Waals surface area contributed by atoms with E-state index in [9.17, 15) is 9.59 Å². The van der Waals surface area contributed by atoms with Gasteiger partial charge in [0.2, 0.25) is 0 Å². The molecule has 21 heavy (non-hydrogen) atoms. The zero-order valence-electron chi connectivity index (χ0n) is 10.8. The Morgan fingerprint density at radius 3 is 2.86 bits per heavy atom. The topological polar surface area (TPSA) is 109 Å². The van der Waals surface area contributed by atoms with E-state index >= 15 is 0 Å². The van der Waals surface area contributed by atoms with Gasteiger partial charge in [-0.25, -0.2) is 9.59 Å². The van der Waals surface area contributed by atoms with E-state index in [1.54, 1.807) is 23.1 Å². The van der Waals surface area contributed by atoms with Crippen LogP contribution in [0.3, 0.4) is 0 Å². The number of amides is 2. The Bertz CT molecular complexity index is 644. The lowest BCUT2D eigenvalue weighted by Crippen LogP contribution is -2.31. The number of benzene rings is 1. The second-order valence-electron chi connectivity index (χ2n) is 4.05. The van der Waals surface area contributed by atoms with Gasteiger partial charge < -0.3 is 15.7 Å². The molecule has 0 radical (unpaired) electrons. The minimum atomic E-state index is -1.06. The van der Waals surface area contributed by atoms with E-state index < -0.39 is 12.0 Å². The molecule has 2 rings (SSSR count). The molecule has 9 heteroatoms. The first-order valence-electron chi connectivity index (χ1n) is 5.98. The highest BCUT2D eigenvalue weighted by Gasteiger charge is 2.09. The first-order chi connectivity index (χ1) is 10.1. The third-order valence-electron chi connectivity index (χ3n) is 2.56. The summed E-state index contributed by atoms with van der Waals surface area (Å²) in [5.74, 6) is -1.06. The fraction of sp³-hybridized carbons (Fsp3) is 0.167. The highest BCUT2D eigenvalue weighted by molar-refractivity contribution is 9.10. The van der Waals surface area contributed by atoms with E-state index in [2.05, 4.69) is 36.9 Å². The quantitative estimate of drug-likeness (QED) is 0.755. The molecule has 110 valence electrons. The molecule has 3 N–H and O–H groups in total. The molecule has 0 unspecified atom stereocenters. The fourth-order valence-electron chi connectivity index (χ4n) is 1.56. The fourth-order valence-corrected chi connectivity index (χ4v) is 1.90. The van der Waals surface area contributed by atoms with Gasteiger partial charge in [0.1, 0.15) is 0 Å². The van der Waals surface area contributed by atoms with E-state index in [-0.39, 0.29) is 5.56 Å². The van der Waals surface area contributed by atoms with E-state index in [0.717, 1.165) is 0 Å². The van der Waals surface area contributed by atoms with Crippen LogP contribution in [0.25, 0.3) is 0 Å². The first kappa shape index (κ1) is 15.0. The Kier molecular flexibility index (Phi) is 4.88. The van der Waals surface area contributed by atoms with Crippen molar-refractivity contribution in [1.29, 1.82) is 0 Å². The summed E-state index contributed by atoms with van der Waals surface area (Å²) in [5, 5.41) is 21.6. The lowest BCUT2D eigenvalue weighted by atomic mass is 10.2. The minimum Gasteiger partial charge on any atom is -0.478 e. The van der Waals surface area contributed by atoms with Gasteiger partial charge in [-0.05, 0) is 34.1 Å². The van der Waals surface area contributed by atoms with Crippen molar-refractivity contribution in [3.05, 3.63) is 40.6 Å². The van der Waals surface area contributed by atoms with E-state index in [1.165, 1.54) is 12.1 Å². The Labute approximate surface area is 128 Å². The number of halogens is 1. The van der Waals surface area contributed by atoms with Crippen LogP contribution in [-0.4, -0.2) is 38.6 Å². The highest BCUT2D eigenvalue weighted by atomic mass is 79.9. The molecular weight excluding hydrogens is 342 g/mol. The predicted octanol–water partition coefficient (Wildman–Crippen LogP) is 1.56. The number of nitrogens with one attached hydrogen (secondary N) is 2. The van der Waals surface area contributed by atoms with Crippen LogP contribution in [0.2, 0.25) is 0 Å². The van der Waals surface area contributed by atoms with Crippen LogP contribution in [-0.2, 0) is 6.54 Å². The van der Waals surface area contributed by atoms with E-state index in [1.807, 2.05) is 0 Å². The van der Waals surface area contributed by atoms with Crippen molar-refractivity contribution in [3.8, 4) is 0 Å². The maximum atomic E-state index is 11.7. The molecule has 0 atom stereocenters. The zero-order chi connectivity index (χ0) is 15.2. The summed E-state index contributed by atoms with van der Waals surface area (Å²) in [6.07, 6.45) is 3.24. The van der Waals surface area contributed by atoms with E-state index in [0.29, 0.717) is 23.2 Å². The van der Waals surface area contributed by atoms with Gasteiger partial charge in [0.15, 0.2) is 0 Å². The van der Waals surface area contributed by atoms with Crippen LogP contribution >= 0.6 is 15.9 Å². The molecule has 0 aliphatic carbocycles. The van der Waals surface area contributed by atoms with Crippen LogP contribution < -0.4 is 10.6 Å². The summed E-state index contributed by atoms with van der Waals surface area (Å²) in [6, 6.07) is 3.95. The third kappa shape index (κ3) is 4.28. The van der Waals surface area contributed by atoms with Crippen molar-refractivity contribution in [3.63, 3.8) is 0 Å². The summed E-state index contributed by atoms with van der Waals surface area (Å²) in [5.41, 5.74) is 0.476. The number of urea groups is 1. The van der Waals surface area contributed by atoms with Crippen LogP contribution in [0.4, 0.5) is 10.5 Å². The molecule has 2 amide bonds. The third-order valence-corrected chi connectivity index (χ3v) is 3.25. The van der Waals surface area contributed by atoms with Crippen molar-refractivity contribution in [2.24, 2.45) is 0 Å². The molecule has 0 aliphatic heterocycles. The summed E-state index contributed by atoms with van der Waals surface area (Å²) < 4.78 is 2.18.